The number of nitrogens with zero attached hydrogens (tertiary/aromatic N) is 2. The number of alkyl halides is 2. The number of likely N-dealkylation sites (tertiary alicyclic amines) is 1. The Bertz CT molecular complexity index is 695. The van der Waals surface area contributed by atoms with Gasteiger partial charge in [0.05, 0.1) is 11.1 Å². The minimum absolute atomic E-state index is 0.0702. The molecule has 3 rings (SSSR count). The summed E-state index contributed by atoms with van der Waals surface area (Å²) in [7, 11) is 5.81. The molecule has 6 heteroatoms. The van der Waals surface area contributed by atoms with E-state index in [4.69, 9.17) is 7.85 Å². The molecule has 1 aliphatic rings. The van der Waals surface area contributed by atoms with E-state index >= 15 is 0 Å². The average molecular weight is 286 g/mol. The van der Waals surface area contributed by atoms with Gasteiger partial charge >= 0.3 is 0 Å². The van der Waals surface area contributed by atoms with Crippen molar-refractivity contribution in [1.29, 1.82) is 0 Å². The Morgan fingerprint density at radius 3 is 2.71 bits per heavy atom. The van der Waals surface area contributed by atoms with Gasteiger partial charge in [0.25, 0.3) is 11.8 Å². The first-order valence-electron chi connectivity index (χ1n) is 6.78. The second-order valence-corrected chi connectivity index (χ2v) is 5.29. The van der Waals surface area contributed by atoms with Gasteiger partial charge in [-0.25, -0.2) is 8.78 Å². The minimum Gasteiger partial charge on any atom is -0.338 e. The number of pyridine rings is 1. The summed E-state index contributed by atoms with van der Waals surface area (Å²) in [6.07, 6.45) is 0.882. The van der Waals surface area contributed by atoms with Crippen LogP contribution in [-0.2, 0) is 0 Å². The highest BCUT2D eigenvalue weighted by molar-refractivity contribution is 6.38. The standard InChI is InChI=1S/C15H13BF2N2O/c16-12-3-1-2-10-8-11(9-19-13(10)12)14(21)20-6-4-15(17,18)5-7-20/h1-3,8-9H,4-7H2. The maximum atomic E-state index is 13.1. The first-order valence-corrected chi connectivity index (χ1v) is 6.78. The van der Waals surface area contributed by atoms with Gasteiger partial charge < -0.3 is 4.90 Å². The molecule has 2 radical (unpaired) electrons. The van der Waals surface area contributed by atoms with E-state index in [2.05, 4.69) is 4.98 Å². The van der Waals surface area contributed by atoms with Crippen molar-refractivity contribution in [1.82, 2.24) is 9.88 Å². The molecular formula is C15H13BF2N2O. The van der Waals surface area contributed by atoms with Gasteiger partial charge in [0.15, 0.2) is 0 Å². The molecule has 1 aromatic heterocycles. The fourth-order valence-electron chi connectivity index (χ4n) is 2.52. The third kappa shape index (κ3) is 2.75. The summed E-state index contributed by atoms with van der Waals surface area (Å²) in [5, 5.41) is 0.767. The predicted molar refractivity (Wildman–Crippen MR) is 77.2 cm³/mol. The first-order chi connectivity index (χ1) is 9.96. The number of halogens is 2. The number of piperidine rings is 1. The molecule has 2 aromatic rings. The molecule has 0 atom stereocenters. The molecule has 2 heterocycles. The van der Waals surface area contributed by atoms with E-state index in [0.717, 1.165) is 5.39 Å². The van der Waals surface area contributed by atoms with E-state index in [0.29, 0.717) is 16.5 Å². The Kier molecular flexibility index (Phi) is 3.39. The number of hydrogen-bond donors (Lipinski definition) is 0. The van der Waals surface area contributed by atoms with Crippen LogP contribution in [0.2, 0.25) is 0 Å². The fourth-order valence-corrected chi connectivity index (χ4v) is 2.52. The van der Waals surface area contributed by atoms with Crippen molar-refractivity contribution in [2.24, 2.45) is 0 Å². The van der Waals surface area contributed by atoms with E-state index in [1.807, 2.05) is 6.07 Å². The van der Waals surface area contributed by atoms with Crippen molar-refractivity contribution in [3.05, 3.63) is 36.0 Å². The molecule has 0 aliphatic carbocycles. The summed E-state index contributed by atoms with van der Waals surface area (Å²) in [6, 6.07) is 7.05. The van der Waals surface area contributed by atoms with E-state index in [1.54, 1.807) is 18.2 Å². The lowest BCUT2D eigenvalue weighted by atomic mass is 9.93. The van der Waals surface area contributed by atoms with Gasteiger partial charge in [-0.2, -0.15) is 0 Å². The number of para-hydroxylation sites is 1. The van der Waals surface area contributed by atoms with Crippen molar-refractivity contribution >= 4 is 30.1 Å². The lowest BCUT2D eigenvalue weighted by molar-refractivity contribution is -0.0494. The van der Waals surface area contributed by atoms with Crippen LogP contribution in [0.25, 0.3) is 10.9 Å². The van der Waals surface area contributed by atoms with E-state index in [9.17, 15) is 13.6 Å². The number of carbonyl (C=O) groups is 1. The lowest BCUT2D eigenvalue weighted by Crippen LogP contribution is -2.42. The highest BCUT2D eigenvalue weighted by atomic mass is 19.3. The zero-order valence-corrected chi connectivity index (χ0v) is 11.4. The zero-order chi connectivity index (χ0) is 15.0. The molecule has 1 fully saturated rings. The third-order valence-corrected chi connectivity index (χ3v) is 3.77. The highest BCUT2D eigenvalue weighted by Crippen LogP contribution is 2.28. The molecule has 0 N–H and O–H groups in total. The number of hydrogen-bond acceptors (Lipinski definition) is 2. The Balaban J connectivity index is 1.85. The smallest absolute Gasteiger partial charge is 0.255 e. The van der Waals surface area contributed by atoms with Crippen molar-refractivity contribution in [3.8, 4) is 0 Å². The minimum atomic E-state index is -2.66. The molecule has 1 aliphatic heterocycles. The molecule has 1 saturated heterocycles. The zero-order valence-electron chi connectivity index (χ0n) is 11.4. The van der Waals surface area contributed by atoms with Crippen LogP contribution in [0, 0.1) is 0 Å². The quantitative estimate of drug-likeness (QED) is 0.750. The van der Waals surface area contributed by atoms with Gasteiger partial charge in [-0.15, -0.1) is 0 Å². The van der Waals surface area contributed by atoms with E-state index in [1.165, 1.54) is 11.1 Å². The molecule has 0 bridgehead atoms. The second-order valence-electron chi connectivity index (χ2n) is 5.29. The van der Waals surface area contributed by atoms with Crippen LogP contribution < -0.4 is 5.46 Å². The van der Waals surface area contributed by atoms with Crippen LogP contribution >= 0.6 is 0 Å². The average Bonchev–Trinajstić information content (AvgIpc) is 2.46. The molecule has 1 amide bonds. The van der Waals surface area contributed by atoms with E-state index < -0.39 is 5.92 Å². The van der Waals surface area contributed by atoms with Gasteiger partial charge in [0.1, 0.15) is 7.85 Å². The van der Waals surface area contributed by atoms with Gasteiger partial charge in [0.2, 0.25) is 0 Å². The van der Waals surface area contributed by atoms with Crippen molar-refractivity contribution in [2.75, 3.05) is 13.1 Å². The normalized spacial score (nSPS) is 17.9. The van der Waals surface area contributed by atoms with Gasteiger partial charge in [-0.1, -0.05) is 23.7 Å². The number of benzene rings is 1. The number of carbonyl (C=O) groups excluding carboxylic acids is 1. The van der Waals surface area contributed by atoms with Crippen LogP contribution in [0.4, 0.5) is 8.78 Å². The molecule has 0 unspecified atom stereocenters. The van der Waals surface area contributed by atoms with Crippen molar-refractivity contribution in [3.63, 3.8) is 0 Å². The maximum Gasteiger partial charge on any atom is 0.255 e. The highest BCUT2D eigenvalue weighted by Gasteiger charge is 2.35. The molecule has 0 spiro atoms. The number of rotatable bonds is 1. The summed E-state index contributed by atoms with van der Waals surface area (Å²) >= 11 is 0. The van der Waals surface area contributed by atoms with Crippen LogP contribution in [0.15, 0.2) is 30.5 Å². The molecule has 1 aromatic carbocycles. The Labute approximate surface area is 122 Å². The van der Waals surface area contributed by atoms with Crippen LogP contribution in [-0.4, -0.2) is 42.6 Å². The summed E-state index contributed by atoms with van der Waals surface area (Å²) in [6.45, 7) is 0.140. The second kappa shape index (κ2) is 5.09. The molecule has 0 saturated carbocycles. The predicted octanol–water partition coefficient (Wildman–Crippen LogP) is 1.90. The molecule has 106 valence electrons. The largest absolute Gasteiger partial charge is 0.338 e. The molecular weight excluding hydrogens is 273 g/mol. The maximum absolute atomic E-state index is 13.1. The van der Waals surface area contributed by atoms with Crippen LogP contribution in [0.1, 0.15) is 23.2 Å². The van der Waals surface area contributed by atoms with Crippen LogP contribution in [0.5, 0.6) is 0 Å². The van der Waals surface area contributed by atoms with Gasteiger partial charge in [-0.3, -0.25) is 9.78 Å². The van der Waals surface area contributed by atoms with Crippen molar-refractivity contribution in [2.45, 2.75) is 18.8 Å². The Morgan fingerprint density at radius 2 is 2.00 bits per heavy atom. The number of amides is 1. The van der Waals surface area contributed by atoms with Crippen LogP contribution in [0.3, 0.4) is 0 Å². The lowest BCUT2D eigenvalue weighted by Gasteiger charge is -2.31. The number of aromatic nitrogens is 1. The monoisotopic (exact) mass is 286 g/mol. The molecule has 3 nitrogen and oxygen atoms in total. The Hall–Kier alpha value is -1.98. The fraction of sp³-hybridized carbons (Fsp3) is 0.333. The van der Waals surface area contributed by atoms with Crippen molar-refractivity contribution < 1.29 is 13.6 Å². The summed E-state index contributed by atoms with van der Waals surface area (Å²) in [5.74, 6) is -2.92. The van der Waals surface area contributed by atoms with E-state index in [-0.39, 0.29) is 31.8 Å². The molecule has 21 heavy (non-hydrogen) atoms. The SMILES string of the molecule is [B]c1cccc2cc(C(=O)N3CCC(F)(F)CC3)cnc12. The summed E-state index contributed by atoms with van der Waals surface area (Å²) < 4.78 is 26.3. The first kappa shape index (κ1) is 14.0. The summed E-state index contributed by atoms with van der Waals surface area (Å²) in [4.78, 5) is 18.0. The number of fused-ring (bicyclic) bond motifs is 1. The Morgan fingerprint density at radius 1 is 1.29 bits per heavy atom. The summed E-state index contributed by atoms with van der Waals surface area (Å²) in [5.41, 5.74) is 1.58. The third-order valence-electron chi connectivity index (χ3n) is 3.77. The van der Waals surface area contributed by atoms with Gasteiger partial charge in [-0.05, 0) is 6.07 Å². The topological polar surface area (TPSA) is 33.2 Å². The van der Waals surface area contributed by atoms with Gasteiger partial charge in [0, 0.05) is 37.5 Å².